The van der Waals surface area contributed by atoms with E-state index < -0.39 is 13.3 Å². The summed E-state index contributed by atoms with van der Waals surface area (Å²) in [5.74, 6) is -0.196. The molecule has 0 aromatic heterocycles. The fraction of sp³-hybridized carbons (Fsp3) is 0.231. The molecule has 0 fully saturated rings. The van der Waals surface area contributed by atoms with Crippen molar-refractivity contribution in [2.24, 2.45) is 0 Å². The molecule has 1 radical (unpaired) electrons. The number of hydrogen-bond donors (Lipinski definition) is 0. The molecule has 1 atom stereocenters. The summed E-state index contributed by atoms with van der Waals surface area (Å²) in [5, 5.41) is 0.294. The number of aryl methyl sites for hydroxylation is 5. The largest absolute Gasteiger partial charge is 0.289 e. The molecule has 0 saturated carbocycles. The molecule has 4 heteroatoms. The standard InChI is InChI=1S/C26H26O3P/c1-15-13-18(4)23(19(5)14-15)26(28)30(29)22-10-8-7-9-21(22)25(27)24-17(3)12-11-16(2)20(24)6/h7-14H,1-6H3. The summed E-state index contributed by atoms with van der Waals surface area (Å²) in [6.07, 6.45) is 0. The van der Waals surface area contributed by atoms with Gasteiger partial charge in [-0.2, -0.15) is 0 Å². The minimum atomic E-state index is -2.44. The highest BCUT2D eigenvalue weighted by atomic mass is 31.1. The molecule has 0 spiro atoms. The Hall–Kier alpha value is -2.90. The zero-order valence-electron chi connectivity index (χ0n) is 18.3. The van der Waals surface area contributed by atoms with E-state index in [1.54, 1.807) is 24.3 Å². The van der Waals surface area contributed by atoms with Crippen molar-refractivity contribution >= 4 is 24.4 Å². The van der Waals surface area contributed by atoms with E-state index in [1.807, 2.05) is 65.8 Å². The molecule has 3 nitrogen and oxygen atoms in total. The van der Waals surface area contributed by atoms with Gasteiger partial charge in [-0.15, -0.1) is 0 Å². The van der Waals surface area contributed by atoms with Gasteiger partial charge in [-0.25, -0.2) is 0 Å². The van der Waals surface area contributed by atoms with Gasteiger partial charge in [0.15, 0.2) is 13.6 Å². The molecule has 153 valence electrons. The Balaban J connectivity index is 2.11. The molecular weight excluding hydrogens is 391 g/mol. The lowest BCUT2D eigenvalue weighted by Gasteiger charge is -2.14. The minimum absolute atomic E-state index is 0.196. The van der Waals surface area contributed by atoms with Crippen molar-refractivity contribution in [3.8, 4) is 0 Å². The van der Waals surface area contributed by atoms with Crippen LogP contribution < -0.4 is 5.30 Å². The number of benzene rings is 3. The first-order valence-corrected chi connectivity index (χ1v) is 11.2. The molecule has 30 heavy (non-hydrogen) atoms. The van der Waals surface area contributed by atoms with E-state index in [0.717, 1.165) is 33.4 Å². The van der Waals surface area contributed by atoms with Crippen LogP contribution >= 0.6 is 7.80 Å². The van der Waals surface area contributed by atoms with Crippen LogP contribution in [0, 0.1) is 41.5 Å². The summed E-state index contributed by atoms with van der Waals surface area (Å²) in [6, 6.07) is 14.5. The molecule has 1 unspecified atom stereocenters. The van der Waals surface area contributed by atoms with E-state index >= 15 is 0 Å². The average Bonchev–Trinajstić information content (AvgIpc) is 2.69. The van der Waals surface area contributed by atoms with Crippen LogP contribution in [-0.2, 0) is 4.57 Å². The lowest BCUT2D eigenvalue weighted by Crippen LogP contribution is -2.18. The third kappa shape index (κ3) is 3.91. The quantitative estimate of drug-likeness (QED) is 0.374. The smallest absolute Gasteiger partial charge is 0.247 e. The van der Waals surface area contributed by atoms with Crippen molar-refractivity contribution in [2.45, 2.75) is 41.5 Å². The predicted molar refractivity (Wildman–Crippen MR) is 123 cm³/mol. The molecule has 3 aromatic rings. The Morgan fingerprint density at radius 1 is 0.700 bits per heavy atom. The summed E-state index contributed by atoms with van der Waals surface area (Å²) < 4.78 is 13.4. The summed E-state index contributed by atoms with van der Waals surface area (Å²) in [7, 11) is -2.44. The van der Waals surface area contributed by atoms with Crippen LogP contribution in [0.3, 0.4) is 0 Å². The summed E-state index contributed by atoms with van der Waals surface area (Å²) in [4.78, 5) is 26.7. The maximum Gasteiger partial charge on any atom is 0.247 e. The van der Waals surface area contributed by atoms with Gasteiger partial charge in [-0.05, 0) is 81.5 Å². The maximum absolute atomic E-state index is 13.5. The summed E-state index contributed by atoms with van der Waals surface area (Å²) in [6.45, 7) is 11.5. The van der Waals surface area contributed by atoms with Gasteiger partial charge in [-0.3, -0.25) is 14.2 Å². The summed E-state index contributed by atoms with van der Waals surface area (Å²) >= 11 is 0. The molecule has 0 N–H and O–H groups in total. The van der Waals surface area contributed by atoms with E-state index in [0.29, 0.717) is 22.0 Å². The van der Waals surface area contributed by atoms with Crippen LogP contribution in [-0.4, -0.2) is 11.3 Å². The van der Waals surface area contributed by atoms with Gasteiger partial charge < -0.3 is 0 Å². The van der Waals surface area contributed by atoms with E-state index in [2.05, 4.69) is 0 Å². The lowest BCUT2D eigenvalue weighted by atomic mass is 9.92. The van der Waals surface area contributed by atoms with Crippen molar-refractivity contribution in [1.82, 2.24) is 0 Å². The molecule has 0 saturated heterocycles. The van der Waals surface area contributed by atoms with Gasteiger partial charge in [0.1, 0.15) is 0 Å². The maximum atomic E-state index is 13.5. The minimum Gasteiger partial charge on any atom is -0.289 e. The molecule has 0 aliphatic carbocycles. The number of carbonyl (C=O) groups is 2. The molecule has 3 aromatic carbocycles. The zero-order chi connectivity index (χ0) is 22.2. The van der Waals surface area contributed by atoms with Crippen LogP contribution in [0.5, 0.6) is 0 Å². The first-order chi connectivity index (χ1) is 14.1. The Morgan fingerprint density at radius 3 is 1.90 bits per heavy atom. The van der Waals surface area contributed by atoms with Crippen molar-refractivity contribution in [3.05, 3.63) is 98.6 Å². The SMILES string of the molecule is Cc1cc(C)c(C(=O)[P](=O)c2ccccc2C(=O)c2c(C)ccc(C)c2C)c(C)c1. The predicted octanol–water partition coefficient (Wildman–Crippen LogP) is 6.06. The van der Waals surface area contributed by atoms with Crippen LogP contribution in [0.1, 0.15) is 59.7 Å². The van der Waals surface area contributed by atoms with Crippen molar-refractivity contribution in [1.29, 1.82) is 0 Å². The fourth-order valence-corrected chi connectivity index (χ4v) is 5.40. The van der Waals surface area contributed by atoms with E-state index in [-0.39, 0.29) is 5.78 Å². The average molecular weight is 417 g/mol. The highest BCUT2D eigenvalue weighted by Crippen LogP contribution is 2.32. The fourth-order valence-electron chi connectivity index (χ4n) is 4.01. The number of hydrogen-bond acceptors (Lipinski definition) is 3. The normalized spacial score (nSPS) is 11.3. The Labute approximate surface area is 178 Å². The van der Waals surface area contributed by atoms with Crippen LogP contribution in [0.15, 0.2) is 48.5 Å². The monoisotopic (exact) mass is 417 g/mol. The third-order valence-electron chi connectivity index (χ3n) is 5.61. The van der Waals surface area contributed by atoms with E-state index in [9.17, 15) is 14.2 Å². The van der Waals surface area contributed by atoms with Gasteiger partial charge in [0, 0.05) is 16.7 Å². The van der Waals surface area contributed by atoms with Crippen molar-refractivity contribution < 1.29 is 14.2 Å². The van der Waals surface area contributed by atoms with Crippen LogP contribution in [0.4, 0.5) is 0 Å². The Morgan fingerprint density at radius 2 is 1.27 bits per heavy atom. The first-order valence-electron chi connectivity index (χ1n) is 9.93. The molecule has 0 amide bonds. The second-order valence-electron chi connectivity index (χ2n) is 7.92. The Kier molecular flexibility index (Phi) is 6.14. The zero-order valence-corrected chi connectivity index (χ0v) is 19.2. The van der Waals surface area contributed by atoms with Gasteiger partial charge in [0.2, 0.25) is 5.52 Å². The molecular formula is C26H26O3P. The lowest BCUT2D eigenvalue weighted by molar-refractivity contribution is 0.103. The second-order valence-corrected chi connectivity index (χ2v) is 9.40. The van der Waals surface area contributed by atoms with E-state index in [4.69, 9.17) is 0 Å². The first kappa shape index (κ1) is 21.8. The number of rotatable bonds is 5. The van der Waals surface area contributed by atoms with Gasteiger partial charge in [-0.1, -0.05) is 42.0 Å². The molecule has 0 bridgehead atoms. The van der Waals surface area contributed by atoms with Crippen molar-refractivity contribution in [3.63, 3.8) is 0 Å². The van der Waals surface area contributed by atoms with Gasteiger partial charge in [0.05, 0.1) is 5.30 Å². The molecule has 0 aliphatic rings. The highest BCUT2D eigenvalue weighted by Gasteiger charge is 2.27. The van der Waals surface area contributed by atoms with Crippen LogP contribution in [0.2, 0.25) is 0 Å². The third-order valence-corrected chi connectivity index (χ3v) is 7.03. The summed E-state index contributed by atoms with van der Waals surface area (Å²) in [5.41, 5.74) is 6.43. The molecule has 0 aliphatic heterocycles. The highest BCUT2D eigenvalue weighted by molar-refractivity contribution is 7.71. The molecule has 3 rings (SSSR count). The second kappa shape index (κ2) is 8.45. The number of carbonyl (C=O) groups excluding carboxylic acids is 2. The van der Waals surface area contributed by atoms with Crippen LogP contribution in [0.25, 0.3) is 0 Å². The molecule has 0 heterocycles. The van der Waals surface area contributed by atoms with Gasteiger partial charge in [0.25, 0.3) is 0 Å². The van der Waals surface area contributed by atoms with E-state index in [1.165, 1.54) is 0 Å². The van der Waals surface area contributed by atoms with Gasteiger partial charge >= 0.3 is 0 Å². The number of ketones is 1. The Bertz CT molecular complexity index is 1180. The van der Waals surface area contributed by atoms with Crippen molar-refractivity contribution in [2.75, 3.05) is 0 Å². The topological polar surface area (TPSA) is 51.2 Å².